The fourth-order valence-corrected chi connectivity index (χ4v) is 1.21. The molecule has 1 aromatic heterocycles. The molecule has 1 aromatic rings. The second-order valence-electron chi connectivity index (χ2n) is 3.41. The zero-order valence-corrected chi connectivity index (χ0v) is 8.54. The molecule has 0 aliphatic heterocycles. The van der Waals surface area contributed by atoms with Crippen LogP contribution in [0.2, 0.25) is 0 Å². The number of rotatable bonds is 3. The SMILES string of the molecule is CCc1nc(C(C)C)ncc1CN. The van der Waals surface area contributed by atoms with Crippen LogP contribution >= 0.6 is 0 Å². The number of aryl methyl sites for hydroxylation is 1. The van der Waals surface area contributed by atoms with Crippen molar-refractivity contribution >= 4 is 0 Å². The molecule has 0 spiro atoms. The van der Waals surface area contributed by atoms with Crippen molar-refractivity contribution in [2.75, 3.05) is 0 Å². The highest BCUT2D eigenvalue weighted by molar-refractivity contribution is 5.18. The first kappa shape index (κ1) is 10.1. The van der Waals surface area contributed by atoms with Crippen molar-refractivity contribution in [3.63, 3.8) is 0 Å². The quantitative estimate of drug-likeness (QED) is 0.767. The average Bonchev–Trinajstić information content (AvgIpc) is 2.16. The summed E-state index contributed by atoms with van der Waals surface area (Å²) in [5.74, 6) is 1.30. The monoisotopic (exact) mass is 179 g/mol. The molecular formula is C10H17N3. The largest absolute Gasteiger partial charge is 0.326 e. The molecule has 3 heteroatoms. The van der Waals surface area contributed by atoms with Gasteiger partial charge >= 0.3 is 0 Å². The fourth-order valence-electron chi connectivity index (χ4n) is 1.21. The van der Waals surface area contributed by atoms with E-state index >= 15 is 0 Å². The molecule has 0 fully saturated rings. The Labute approximate surface area is 79.4 Å². The molecule has 0 aromatic carbocycles. The highest BCUT2D eigenvalue weighted by Gasteiger charge is 2.06. The summed E-state index contributed by atoms with van der Waals surface area (Å²) in [5, 5.41) is 0. The molecule has 0 saturated carbocycles. The number of nitrogens with zero attached hydrogens (tertiary/aromatic N) is 2. The average molecular weight is 179 g/mol. The summed E-state index contributed by atoms with van der Waals surface area (Å²) in [5.41, 5.74) is 7.72. The minimum absolute atomic E-state index is 0.386. The van der Waals surface area contributed by atoms with E-state index in [0.717, 1.165) is 23.5 Å². The molecular weight excluding hydrogens is 162 g/mol. The Balaban J connectivity index is 3.05. The van der Waals surface area contributed by atoms with E-state index < -0.39 is 0 Å². The third-order valence-corrected chi connectivity index (χ3v) is 2.04. The molecule has 0 bridgehead atoms. The smallest absolute Gasteiger partial charge is 0.131 e. The molecule has 0 atom stereocenters. The summed E-state index contributed by atoms with van der Waals surface area (Å²) in [4.78, 5) is 8.74. The Morgan fingerprint density at radius 3 is 2.62 bits per heavy atom. The van der Waals surface area contributed by atoms with Crippen LogP contribution < -0.4 is 5.73 Å². The fraction of sp³-hybridized carbons (Fsp3) is 0.600. The molecule has 1 heterocycles. The van der Waals surface area contributed by atoms with Gasteiger partial charge in [-0.15, -0.1) is 0 Å². The third-order valence-electron chi connectivity index (χ3n) is 2.04. The Kier molecular flexibility index (Phi) is 3.37. The summed E-state index contributed by atoms with van der Waals surface area (Å²) in [6.07, 6.45) is 2.77. The van der Waals surface area contributed by atoms with Crippen molar-refractivity contribution in [1.82, 2.24) is 9.97 Å². The first-order valence-corrected chi connectivity index (χ1v) is 4.73. The highest BCUT2D eigenvalue weighted by atomic mass is 14.9. The third kappa shape index (κ3) is 2.25. The van der Waals surface area contributed by atoms with E-state index in [2.05, 4.69) is 30.7 Å². The van der Waals surface area contributed by atoms with Crippen molar-refractivity contribution in [3.05, 3.63) is 23.3 Å². The standard InChI is InChI=1S/C10H17N3/c1-4-9-8(5-11)6-12-10(13-9)7(2)3/h6-7H,4-5,11H2,1-3H3. The van der Waals surface area contributed by atoms with Gasteiger partial charge in [-0.1, -0.05) is 20.8 Å². The van der Waals surface area contributed by atoms with Gasteiger partial charge < -0.3 is 5.73 Å². The van der Waals surface area contributed by atoms with Crippen LogP contribution in [0.15, 0.2) is 6.20 Å². The lowest BCUT2D eigenvalue weighted by molar-refractivity contribution is 0.747. The van der Waals surface area contributed by atoms with E-state index in [9.17, 15) is 0 Å². The molecule has 3 nitrogen and oxygen atoms in total. The lowest BCUT2D eigenvalue weighted by Gasteiger charge is -2.08. The van der Waals surface area contributed by atoms with E-state index in [1.807, 2.05) is 6.20 Å². The molecule has 0 saturated heterocycles. The molecule has 13 heavy (non-hydrogen) atoms. The van der Waals surface area contributed by atoms with Crippen molar-refractivity contribution in [2.24, 2.45) is 5.73 Å². The second kappa shape index (κ2) is 4.33. The van der Waals surface area contributed by atoms with Gasteiger partial charge in [0.15, 0.2) is 0 Å². The van der Waals surface area contributed by atoms with Gasteiger partial charge in [0.1, 0.15) is 5.82 Å². The van der Waals surface area contributed by atoms with Crippen LogP contribution in [0.1, 0.15) is 43.8 Å². The van der Waals surface area contributed by atoms with Crippen LogP contribution in [0.5, 0.6) is 0 Å². The number of hydrogen-bond acceptors (Lipinski definition) is 3. The van der Waals surface area contributed by atoms with Gasteiger partial charge in [-0.05, 0) is 6.42 Å². The minimum atomic E-state index is 0.386. The molecule has 1 rings (SSSR count). The van der Waals surface area contributed by atoms with Crippen LogP contribution in [0.25, 0.3) is 0 Å². The van der Waals surface area contributed by atoms with Crippen LogP contribution in [0, 0.1) is 0 Å². The number of nitrogens with two attached hydrogens (primary N) is 1. The zero-order chi connectivity index (χ0) is 9.84. The van der Waals surface area contributed by atoms with E-state index in [0.29, 0.717) is 12.5 Å². The first-order chi connectivity index (χ1) is 6.19. The second-order valence-corrected chi connectivity index (χ2v) is 3.41. The van der Waals surface area contributed by atoms with E-state index in [1.165, 1.54) is 0 Å². The van der Waals surface area contributed by atoms with Gasteiger partial charge in [-0.25, -0.2) is 9.97 Å². The van der Waals surface area contributed by atoms with Gasteiger partial charge in [0.2, 0.25) is 0 Å². The van der Waals surface area contributed by atoms with Crippen LogP contribution in [-0.4, -0.2) is 9.97 Å². The van der Waals surface area contributed by atoms with Crippen LogP contribution in [0.4, 0.5) is 0 Å². The molecule has 72 valence electrons. The van der Waals surface area contributed by atoms with Crippen molar-refractivity contribution in [2.45, 2.75) is 39.7 Å². The van der Waals surface area contributed by atoms with Crippen molar-refractivity contribution in [3.8, 4) is 0 Å². The summed E-state index contributed by atoms with van der Waals surface area (Å²) >= 11 is 0. The van der Waals surface area contributed by atoms with Crippen molar-refractivity contribution < 1.29 is 0 Å². The lowest BCUT2D eigenvalue weighted by atomic mass is 10.1. The van der Waals surface area contributed by atoms with Gasteiger partial charge in [-0.2, -0.15) is 0 Å². The zero-order valence-electron chi connectivity index (χ0n) is 8.54. The van der Waals surface area contributed by atoms with Gasteiger partial charge in [0, 0.05) is 29.9 Å². The summed E-state index contributed by atoms with van der Waals surface area (Å²) in [6.45, 7) is 6.81. The van der Waals surface area contributed by atoms with Crippen LogP contribution in [-0.2, 0) is 13.0 Å². The van der Waals surface area contributed by atoms with Gasteiger partial charge in [-0.3, -0.25) is 0 Å². The maximum Gasteiger partial charge on any atom is 0.131 e. The molecule has 0 aliphatic carbocycles. The maximum atomic E-state index is 5.57. The predicted octanol–water partition coefficient (Wildman–Crippen LogP) is 1.62. The summed E-state index contributed by atoms with van der Waals surface area (Å²) in [7, 11) is 0. The maximum absolute atomic E-state index is 5.57. The van der Waals surface area contributed by atoms with Gasteiger partial charge in [0.05, 0.1) is 0 Å². The Hall–Kier alpha value is -0.960. The molecule has 0 aliphatic rings. The van der Waals surface area contributed by atoms with E-state index in [-0.39, 0.29) is 0 Å². The van der Waals surface area contributed by atoms with Crippen LogP contribution in [0.3, 0.4) is 0 Å². The van der Waals surface area contributed by atoms with Crippen molar-refractivity contribution in [1.29, 1.82) is 0 Å². The van der Waals surface area contributed by atoms with E-state index in [4.69, 9.17) is 5.73 Å². The number of hydrogen-bond donors (Lipinski definition) is 1. The first-order valence-electron chi connectivity index (χ1n) is 4.73. The normalized spacial score (nSPS) is 10.8. The number of aromatic nitrogens is 2. The molecule has 2 N–H and O–H groups in total. The molecule has 0 unspecified atom stereocenters. The van der Waals surface area contributed by atoms with Gasteiger partial charge in [0.25, 0.3) is 0 Å². The topological polar surface area (TPSA) is 51.8 Å². The molecule has 0 radical (unpaired) electrons. The summed E-state index contributed by atoms with van der Waals surface area (Å²) < 4.78 is 0. The highest BCUT2D eigenvalue weighted by Crippen LogP contribution is 2.11. The molecule has 0 amide bonds. The lowest BCUT2D eigenvalue weighted by Crippen LogP contribution is -2.08. The predicted molar refractivity (Wildman–Crippen MR) is 53.4 cm³/mol. The Bertz CT molecular complexity index is 281. The summed E-state index contributed by atoms with van der Waals surface area (Å²) in [6, 6.07) is 0. The minimum Gasteiger partial charge on any atom is -0.326 e. The van der Waals surface area contributed by atoms with E-state index in [1.54, 1.807) is 0 Å². The Morgan fingerprint density at radius 1 is 1.46 bits per heavy atom. The Morgan fingerprint density at radius 2 is 2.15 bits per heavy atom.